The molecule has 3 nitrogen and oxygen atoms in total. The van der Waals surface area contributed by atoms with E-state index >= 15 is 0 Å². The summed E-state index contributed by atoms with van der Waals surface area (Å²) < 4.78 is 18.5. The lowest BCUT2D eigenvalue weighted by Gasteiger charge is -2.41. The smallest absolute Gasteiger partial charge is 0.165 e. The van der Waals surface area contributed by atoms with Crippen molar-refractivity contribution in [3.05, 3.63) is 29.6 Å². The van der Waals surface area contributed by atoms with Crippen molar-refractivity contribution in [1.29, 1.82) is 0 Å². The van der Waals surface area contributed by atoms with Gasteiger partial charge >= 0.3 is 0 Å². The summed E-state index contributed by atoms with van der Waals surface area (Å²) in [6.45, 7) is 1.57. The van der Waals surface area contributed by atoms with Crippen molar-refractivity contribution in [2.24, 2.45) is 0 Å². The van der Waals surface area contributed by atoms with E-state index in [2.05, 4.69) is 5.32 Å². The molecule has 1 aliphatic heterocycles. The molecule has 1 aromatic carbocycles. The van der Waals surface area contributed by atoms with Crippen LogP contribution in [0.25, 0.3) is 0 Å². The number of phenols is 1. The van der Waals surface area contributed by atoms with Gasteiger partial charge in [-0.2, -0.15) is 0 Å². The minimum absolute atomic E-state index is 0.205. The first-order valence-corrected chi connectivity index (χ1v) is 4.88. The second-order valence-electron chi connectivity index (χ2n) is 3.95. The van der Waals surface area contributed by atoms with Crippen LogP contribution in [0.2, 0.25) is 0 Å². The molecule has 0 spiro atoms. The van der Waals surface area contributed by atoms with Crippen molar-refractivity contribution in [3.8, 4) is 5.75 Å². The molecule has 4 heteroatoms. The molecule has 82 valence electrons. The summed E-state index contributed by atoms with van der Waals surface area (Å²) in [6.07, 6.45) is 0.660. The molecule has 0 bridgehead atoms. The van der Waals surface area contributed by atoms with Crippen molar-refractivity contribution < 1.29 is 14.2 Å². The number of benzene rings is 1. The first-order valence-electron chi connectivity index (χ1n) is 4.88. The van der Waals surface area contributed by atoms with Crippen LogP contribution < -0.4 is 5.32 Å². The zero-order valence-electron chi connectivity index (χ0n) is 8.59. The van der Waals surface area contributed by atoms with E-state index in [1.807, 2.05) is 0 Å². The number of hydrogen-bond acceptors (Lipinski definition) is 3. The maximum absolute atomic E-state index is 13.1. The van der Waals surface area contributed by atoms with Gasteiger partial charge < -0.3 is 15.2 Å². The number of methoxy groups -OCH3 is 1. The zero-order valence-corrected chi connectivity index (χ0v) is 8.59. The normalized spacial score (nSPS) is 18.5. The van der Waals surface area contributed by atoms with Crippen LogP contribution in [0, 0.1) is 5.82 Å². The van der Waals surface area contributed by atoms with Crippen LogP contribution >= 0.6 is 0 Å². The lowest BCUT2D eigenvalue weighted by molar-refractivity contribution is -0.0502. The average Bonchev–Trinajstić information content (AvgIpc) is 2.17. The molecule has 0 radical (unpaired) electrons. The molecule has 1 fully saturated rings. The fraction of sp³-hybridized carbons (Fsp3) is 0.455. The number of aromatic hydroxyl groups is 1. The van der Waals surface area contributed by atoms with Gasteiger partial charge in [0.1, 0.15) is 0 Å². The Morgan fingerprint density at radius 3 is 2.73 bits per heavy atom. The Labute approximate surface area is 87.9 Å². The van der Waals surface area contributed by atoms with Gasteiger partial charge in [-0.25, -0.2) is 4.39 Å². The predicted molar refractivity (Wildman–Crippen MR) is 54.4 cm³/mol. The number of hydrogen-bond donors (Lipinski definition) is 2. The topological polar surface area (TPSA) is 41.5 Å². The van der Waals surface area contributed by atoms with E-state index < -0.39 is 5.82 Å². The van der Waals surface area contributed by atoms with Crippen molar-refractivity contribution >= 4 is 0 Å². The number of rotatable bonds is 3. The molecule has 1 aliphatic rings. The Kier molecular flexibility index (Phi) is 2.63. The minimum Gasteiger partial charge on any atom is -0.505 e. The van der Waals surface area contributed by atoms with Crippen molar-refractivity contribution in [1.82, 2.24) is 5.32 Å². The average molecular weight is 211 g/mol. The highest BCUT2D eigenvalue weighted by Crippen LogP contribution is 2.24. The zero-order chi connectivity index (χ0) is 10.9. The van der Waals surface area contributed by atoms with Crippen LogP contribution in [0.1, 0.15) is 5.56 Å². The number of halogens is 1. The molecule has 0 unspecified atom stereocenters. The highest BCUT2D eigenvalue weighted by molar-refractivity contribution is 5.29. The molecule has 1 aromatic rings. The van der Waals surface area contributed by atoms with Gasteiger partial charge in [0.05, 0.1) is 5.60 Å². The van der Waals surface area contributed by atoms with E-state index in [4.69, 9.17) is 9.84 Å². The standard InChI is InChI=1S/C11H14FNO2/c1-15-11(6-13-7-11)5-8-2-3-10(14)9(12)4-8/h2-4,13-14H,5-7H2,1H3. The van der Waals surface area contributed by atoms with Crippen molar-refractivity contribution in [2.45, 2.75) is 12.0 Å². The third kappa shape index (κ3) is 1.96. The molecule has 2 N–H and O–H groups in total. The van der Waals surface area contributed by atoms with E-state index in [-0.39, 0.29) is 11.4 Å². The van der Waals surface area contributed by atoms with Crippen molar-refractivity contribution in [3.63, 3.8) is 0 Å². The van der Waals surface area contributed by atoms with E-state index in [0.717, 1.165) is 18.7 Å². The molecule has 1 saturated heterocycles. The summed E-state index contributed by atoms with van der Waals surface area (Å²) in [7, 11) is 1.66. The molecular formula is C11H14FNO2. The Hall–Kier alpha value is -1.13. The van der Waals surface area contributed by atoms with E-state index in [9.17, 15) is 4.39 Å². The Morgan fingerprint density at radius 2 is 2.27 bits per heavy atom. The van der Waals surface area contributed by atoms with Gasteiger partial charge in [-0.05, 0) is 17.7 Å². The van der Waals surface area contributed by atoms with Crippen molar-refractivity contribution in [2.75, 3.05) is 20.2 Å². The van der Waals surface area contributed by atoms with Gasteiger partial charge in [-0.15, -0.1) is 0 Å². The molecule has 0 atom stereocenters. The quantitative estimate of drug-likeness (QED) is 0.785. The molecule has 0 amide bonds. The van der Waals surface area contributed by atoms with Crippen LogP contribution in [0.3, 0.4) is 0 Å². The maximum atomic E-state index is 13.1. The third-order valence-electron chi connectivity index (χ3n) is 2.87. The summed E-state index contributed by atoms with van der Waals surface area (Å²) in [5, 5.41) is 12.2. The van der Waals surface area contributed by atoms with E-state index in [1.54, 1.807) is 13.2 Å². The summed E-state index contributed by atoms with van der Waals surface area (Å²) >= 11 is 0. The van der Waals surface area contributed by atoms with Gasteiger partial charge in [0.25, 0.3) is 0 Å². The summed E-state index contributed by atoms with van der Waals surface area (Å²) in [4.78, 5) is 0. The number of phenolic OH excluding ortho intramolecular Hbond substituents is 1. The number of nitrogens with one attached hydrogen (secondary N) is 1. The second kappa shape index (κ2) is 3.79. The lowest BCUT2D eigenvalue weighted by atomic mass is 9.89. The van der Waals surface area contributed by atoms with Gasteiger partial charge in [-0.1, -0.05) is 6.07 Å². The van der Waals surface area contributed by atoms with Crippen LogP contribution in [-0.4, -0.2) is 30.9 Å². The lowest BCUT2D eigenvalue weighted by Crippen LogP contribution is -2.61. The summed E-state index contributed by atoms with van der Waals surface area (Å²) in [5.41, 5.74) is 0.636. The van der Waals surface area contributed by atoms with E-state index in [1.165, 1.54) is 12.1 Å². The molecule has 0 aliphatic carbocycles. The fourth-order valence-corrected chi connectivity index (χ4v) is 1.78. The summed E-state index contributed by atoms with van der Waals surface area (Å²) in [6, 6.07) is 4.45. The van der Waals surface area contributed by atoms with E-state index in [0.29, 0.717) is 6.42 Å². The molecule has 2 rings (SSSR count). The first kappa shape index (κ1) is 10.4. The first-order chi connectivity index (χ1) is 7.15. The highest BCUT2D eigenvalue weighted by Gasteiger charge is 2.36. The predicted octanol–water partition coefficient (Wildman–Crippen LogP) is 1.06. The second-order valence-corrected chi connectivity index (χ2v) is 3.95. The van der Waals surface area contributed by atoms with Crippen LogP contribution in [0.5, 0.6) is 5.75 Å². The minimum atomic E-state index is -0.578. The summed E-state index contributed by atoms with van der Waals surface area (Å²) in [5.74, 6) is -0.886. The Bertz CT molecular complexity index is 358. The molecule has 1 heterocycles. The largest absolute Gasteiger partial charge is 0.505 e. The SMILES string of the molecule is COC1(Cc2ccc(O)c(F)c2)CNC1. The van der Waals surface area contributed by atoms with Gasteiger partial charge in [-0.3, -0.25) is 0 Å². The van der Waals surface area contributed by atoms with Crippen LogP contribution in [0.4, 0.5) is 4.39 Å². The molecule has 0 aromatic heterocycles. The molecule has 0 saturated carbocycles. The number of ether oxygens (including phenoxy) is 1. The third-order valence-corrected chi connectivity index (χ3v) is 2.87. The highest BCUT2D eigenvalue weighted by atomic mass is 19.1. The van der Waals surface area contributed by atoms with Gasteiger partial charge in [0.2, 0.25) is 0 Å². The Morgan fingerprint density at radius 1 is 1.53 bits per heavy atom. The fourth-order valence-electron chi connectivity index (χ4n) is 1.78. The monoisotopic (exact) mass is 211 g/mol. The van der Waals surface area contributed by atoms with Crippen LogP contribution in [-0.2, 0) is 11.2 Å². The Balaban J connectivity index is 2.13. The van der Waals surface area contributed by atoms with Gasteiger partial charge in [0, 0.05) is 26.6 Å². The maximum Gasteiger partial charge on any atom is 0.165 e. The van der Waals surface area contributed by atoms with Crippen LogP contribution in [0.15, 0.2) is 18.2 Å². The molecular weight excluding hydrogens is 197 g/mol. The van der Waals surface area contributed by atoms with Gasteiger partial charge in [0.15, 0.2) is 11.6 Å². The molecule has 15 heavy (non-hydrogen) atoms.